The van der Waals surface area contributed by atoms with Crippen LogP contribution >= 0.6 is 12.2 Å². The standard InChI is InChI=1S/C12H22N2O3S2/c1-12(11(13)18)4-6-14(7-5-12)19(15,16)9-10-3-2-8-17-10/h10H,2-9H2,1H3,(H2,13,18). The molecule has 19 heavy (non-hydrogen) atoms. The van der Waals surface area contributed by atoms with Crippen molar-refractivity contribution in [2.75, 3.05) is 25.4 Å². The summed E-state index contributed by atoms with van der Waals surface area (Å²) in [7, 11) is -3.22. The largest absolute Gasteiger partial charge is 0.393 e. The van der Waals surface area contributed by atoms with Gasteiger partial charge in [0.25, 0.3) is 0 Å². The van der Waals surface area contributed by atoms with Crippen LogP contribution in [0.25, 0.3) is 0 Å². The Labute approximate surface area is 120 Å². The highest BCUT2D eigenvalue weighted by Crippen LogP contribution is 2.32. The number of thiocarbonyl (C=S) groups is 1. The average molecular weight is 306 g/mol. The van der Waals surface area contributed by atoms with Crippen molar-refractivity contribution in [2.45, 2.75) is 38.7 Å². The Morgan fingerprint density at radius 3 is 2.58 bits per heavy atom. The maximum atomic E-state index is 12.3. The number of nitrogens with two attached hydrogens (primary N) is 1. The van der Waals surface area contributed by atoms with E-state index in [1.807, 2.05) is 6.92 Å². The van der Waals surface area contributed by atoms with E-state index in [9.17, 15) is 8.42 Å². The molecular formula is C12H22N2O3S2. The van der Waals surface area contributed by atoms with E-state index in [1.165, 1.54) is 0 Å². The Hall–Kier alpha value is -0.240. The lowest BCUT2D eigenvalue weighted by Gasteiger charge is -2.38. The topological polar surface area (TPSA) is 72.6 Å². The van der Waals surface area contributed by atoms with Gasteiger partial charge < -0.3 is 10.5 Å². The molecule has 0 aromatic carbocycles. The van der Waals surface area contributed by atoms with Crippen molar-refractivity contribution in [3.63, 3.8) is 0 Å². The van der Waals surface area contributed by atoms with Gasteiger partial charge in [-0.15, -0.1) is 0 Å². The van der Waals surface area contributed by atoms with Gasteiger partial charge in [0.15, 0.2) is 0 Å². The zero-order chi connectivity index (χ0) is 14.1. The summed E-state index contributed by atoms with van der Waals surface area (Å²) < 4.78 is 31.6. The summed E-state index contributed by atoms with van der Waals surface area (Å²) >= 11 is 5.07. The number of hydrogen-bond donors (Lipinski definition) is 1. The third-order valence-corrected chi connectivity index (χ3v) is 6.67. The van der Waals surface area contributed by atoms with Gasteiger partial charge in [0.05, 0.1) is 16.8 Å². The number of ether oxygens (including phenoxy) is 1. The summed E-state index contributed by atoms with van der Waals surface area (Å²) in [5.74, 6) is 0.108. The molecule has 2 heterocycles. The van der Waals surface area contributed by atoms with Crippen LogP contribution in [0.4, 0.5) is 0 Å². The SMILES string of the molecule is CC1(C(N)=S)CCN(S(=O)(=O)CC2CCCO2)CC1. The first kappa shape index (κ1) is 15.2. The highest BCUT2D eigenvalue weighted by molar-refractivity contribution is 7.89. The number of rotatable bonds is 4. The fraction of sp³-hybridized carbons (Fsp3) is 0.917. The molecule has 0 spiro atoms. The third kappa shape index (κ3) is 3.45. The second-order valence-electron chi connectivity index (χ2n) is 5.74. The van der Waals surface area contributed by atoms with Crippen LogP contribution in [-0.2, 0) is 14.8 Å². The predicted molar refractivity (Wildman–Crippen MR) is 78.5 cm³/mol. The minimum Gasteiger partial charge on any atom is -0.393 e. The highest BCUT2D eigenvalue weighted by Gasteiger charge is 2.37. The molecule has 2 aliphatic rings. The van der Waals surface area contributed by atoms with Crippen molar-refractivity contribution in [3.05, 3.63) is 0 Å². The molecule has 0 amide bonds. The van der Waals surface area contributed by atoms with Crippen molar-refractivity contribution in [3.8, 4) is 0 Å². The molecule has 7 heteroatoms. The van der Waals surface area contributed by atoms with Gasteiger partial charge in [0.1, 0.15) is 0 Å². The van der Waals surface area contributed by atoms with Crippen LogP contribution < -0.4 is 5.73 Å². The fourth-order valence-corrected chi connectivity index (χ4v) is 4.51. The van der Waals surface area contributed by atoms with Crippen molar-refractivity contribution in [1.82, 2.24) is 4.31 Å². The number of sulfonamides is 1. The molecule has 1 atom stereocenters. The van der Waals surface area contributed by atoms with E-state index >= 15 is 0 Å². The molecule has 110 valence electrons. The third-order valence-electron chi connectivity index (χ3n) is 4.23. The molecule has 2 saturated heterocycles. The van der Waals surface area contributed by atoms with Crippen molar-refractivity contribution in [1.29, 1.82) is 0 Å². The Kier molecular flexibility index (Phi) is 4.49. The minimum absolute atomic E-state index is 0.108. The molecule has 5 nitrogen and oxygen atoms in total. The molecule has 2 rings (SSSR count). The summed E-state index contributed by atoms with van der Waals surface area (Å²) in [5.41, 5.74) is 5.53. The van der Waals surface area contributed by atoms with Crippen LogP contribution in [0.2, 0.25) is 0 Å². The van der Waals surface area contributed by atoms with Crippen LogP contribution in [0.5, 0.6) is 0 Å². The van der Waals surface area contributed by atoms with E-state index in [-0.39, 0.29) is 17.3 Å². The Morgan fingerprint density at radius 1 is 1.47 bits per heavy atom. The zero-order valence-electron chi connectivity index (χ0n) is 11.3. The molecule has 0 bridgehead atoms. The van der Waals surface area contributed by atoms with Gasteiger partial charge in [-0.3, -0.25) is 0 Å². The number of nitrogens with zero attached hydrogens (tertiary/aromatic N) is 1. The van der Waals surface area contributed by atoms with Gasteiger partial charge in [0.2, 0.25) is 10.0 Å². The van der Waals surface area contributed by atoms with Crippen molar-refractivity contribution in [2.24, 2.45) is 11.1 Å². The maximum absolute atomic E-state index is 12.3. The van der Waals surface area contributed by atoms with E-state index in [0.717, 1.165) is 12.8 Å². The quantitative estimate of drug-likeness (QED) is 0.781. The maximum Gasteiger partial charge on any atom is 0.216 e. The van der Waals surface area contributed by atoms with Crippen molar-refractivity contribution < 1.29 is 13.2 Å². The lowest BCUT2D eigenvalue weighted by molar-refractivity contribution is 0.125. The highest BCUT2D eigenvalue weighted by atomic mass is 32.2. The van der Waals surface area contributed by atoms with Gasteiger partial charge >= 0.3 is 0 Å². The first-order valence-electron chi connectivity index (χ1n) is 6.73. The molecule has 1 unspecified atom stereocenters. The monoisotopic (exact) mass is 306 g/mol. The van der Waals surface area contributed by atoms with Crippen LogP contribution in [0, 0.1) is 5.41 Å². The van der Waals surface area contributed by atoms with Crippen LogP contribution in [0.1, 0.15) is 32.6 Å². The van der Waals surface area contributed by atoms with E-state index in [1.54, 1.807) is 4.31 Å². The minimum atomic E-state index is -3.22. The second kappa shape index (κ2) is 5.63. The Bertz CT molecular complexity index is 436. The Balaban J connectivity index is 1.94. The summed E-state index contributed by atoms with van der Waals surface area (Å²) in [5, 5.41) is 0. The normalized spacial score (nSPS) is 28.4. The average Bonchev–Trinajstić information content (AvgIpc) is 2.81. The van der Waals surface area contributed by atoms with Crippen LogP contribution in [-0.4, -0.2) is 49.3 Å². The lowest BCUT2D eigenvalue weighted by atomic mass is 9.81. The smallest absolute Gasteiger partial charge is 0.216 e. The number of hydrogen-bond acceptors (Lipinski definition) is 4. The molecule has 0 aromatic heterocycles. The molecule has 0 aliphatic carbocycles. The lowest BCUT2D eigenvalue weighted by Crippen LogP contribution is -2.48. The Morgan fingerprint density at radius 2 is 2.11 bits per heavy atom. The van der Waals surface area contributed by atoms with E-state index in [2.05, 4.69) is 0 Å². The molecule has 2 aliphatic heterocycles. The first-order chi connectivity index (χ1) is 8.83. The fourth-order valence-electron chi connectivity index (χ4n) is 2.62. The molecule has 0 radical (unpaired) electrons. The van der Waals surface area contributed by atoms with Gasteiger partial charge in [-0.2, -0.15) is 0 Å². The van der Waals surface area contributed by atoms with E-state index < -0.39 is 10.0 Å². The van der Waals surface area contributed by atoms with Gasteiger partial charge in [-0.05, 0) is 25.7 Å². The molecule has 2 fully saturated rings. The summed E-state index contributed by atoms with van der Waals surface area (Å²) in [4.78, 5) is 0.490. The summed E-state index contributed by atoms with van der Waals surface area (Å²) in [6.45, 7) is 3.70. The van der Waals surface area contributed by atoms with Gasteiger partial charge in [0, 0.05) is 25.1 Å². The summed E-state index contributed by atoms with van der Waals surface area (Å²) in [6, 6.07) is 0. The predicted octanol–water partition coefficient (Wildman–Crippen LogP) is 0.883. The number of piperidine rings is 1. The molecule has 0 aromatic rings. The van der Waals surface area contributed by atoms with Gasteiger partial charge in [-0.25, -0.2) is 12.7 Å². The van der Waals surface area contributed by atoms with Crippen LogP contribution in [0.15, 0.2) is 0 Å². The van der Waals surface area contributed by atoms with Crippen molar-refractivity contribution >= 4 is 27.2 Å². The second-order valence-corrected chi connectivity index (χ2v) is 8.19. The molecule has 0 saturated carbocycles. The van der Waals surface area contributed by atoms with Crippen LogP contribution in [0.3, 0.4) is 0 Å². The molecular weight excluding hydrogens is 284 g/mol. The molecule has 2 N–H and O–H groups in total. The van der Waals surface area contributed by atoms with E-state index in [4.69, 9.17) is 22.7 Å². The first-order valence-corrected chi connectivity index (χ1v) is 8.75. The van der Waals surface area contributed by atoms with Gasteiger partial charge in [-0.1, -0.05) is 19.1 Å². The zero-order valence-corrected chi connectivity index (χ0v) is 12.9. The summed E-state index contributed by atoms with van der Waals surface area (Å²) in [6.07, 6.45) is 3.08. The van der Waals surface area contributed by atoms with E-state index in [0.29, 0.717) is 37.5 Å².